The number of nitrogens with zero attached hydrogens (tertiary/aromatic N) is 4. The van der Waals surface area contributed by atoms with E-state index in [4.69, 9.17) is 0 Å². The van der Waals surface area contributed by atoms with Crippen LogP contribution >= 0.6 is 0 Å². The summed E-state index contributed by atoms with van der Waals surface area (Å²) in [7, 11) is 3.94. The minimum Gasteiger partial charge on any atom is -0.349 e. The van der Waals surface area contributed by atoms with Crippen molar-refractivity contribution in [2.45, 2.75) is 0 Å². The summed E-state index contributed by atoms with van der Waals surface area (Å²) < 4.78 is 1.80. The maximum atomic E-state index is 12.3. The molecule has 0 aliphatic rings. The normalized spacial score (nSPS) is 11.2. The average molecular weight is 298 g/mol. The Morgan fingerprint density at radius 2 is 2.18 bits per heavy atom. The summed E-state index contributed by atoms with van der Waals surface area (Å²) in [6, 6.07) is 3.85. The first-order valence-corrected chi connectivity index (χ1v) is 7.04. The van der Waals surface area contributed by atoms with Crippen LogP contribution in [-0.4, -0.2) is 57.6 Å². The van der Waals surface area contributed by atoms with Gasteiger partial charge in [-0.2, -0.15) is 5.10 Å². The first kappa shape index (κ1) is 14.3. The predicted molar refractivity (Wildman–Crippen MR) is 83.7 cm³/mol. The lowest BCUT2D eigenvalue weighted by Crippen LogP contribution is -2.31. The van der Waals surface area contributed by atoms with Crippen molar-refractivity contribution < 1.29 is 4.79 Å². The van der Waals surface area contributed by atoms with E-state index in [-0.39, 0.29) is 5.91 Å². The van der Waals surface area contributed by atoms with Crippen molar-refractivity contribution in [2.24, 2.45) is 0 Å². The number of aromatic nitrogens is 4. The van der Waals surface area contributed by atoms with E-state index in [1.165, 1.54) is 0 Å². The lowest BCUT2D eigenvalue weighted by Gasteiger charge is -2.10. The van der Waals surface area contributed by atoms with Crippen molar-refractivity contribution in [3.05, 3.63) is 42.6 Å². The van der Waals surface area contributed by atoms with Crippen molar-refractivity contribution in [2.75, 3.05) is 27.2 Å². The Morgan fingerprint density at radius 1 is 1.32 bits per heavy atom. The van der Waals surface area contributed by atoms with Crippen LogP contribution in [0.25, 0.3) is 16.8 Å². The maximum Gasteiger partial charge on any atom is 0.269 e. The van der Waals surface area contributed by atoms with Crippen LogP contribution in [-0.2, 0) is 0 Å². The Morgan fingerprint density at radius 3 is 2.91 bits per heavy atom. The molecule has 0 fully saturated rings. The van der Waals surface area contributed by atoms with Gasteiger partial charge in [0.05, 0.1) is 12.4 Å². The number of H-pyrrole nitrogens is 1. The summed E-state index contributed by atoms with van der Waals surface area (Å²) >= 11 is 0. The molecule has 2 N–H and O–H groups in total. The number of carbonyl (C=O) groups excluding carboxylic acids is 1. The van der Waals surface area contributed by atoms with E-state index < -0.39 is 0 Å². The van der Waals surface area contributed by atoms with Gasteiger partial charge in [0, 0.05) is 36.6 Å². The fourth-order valence-electron chi connectivity index (χ4n) is 2.21. The van der Waals surface area contributed by atoms with Gasteiger partial charge in [-0.1, -0.05) is 0 Å². The SMILES string of the molecule is CN(C)CCNC(=O)c1cnc2ccc(-c3cn[nH]c3)cn12. The van der Waals surface area contributed by atoms with Crippen molar-refractivity contribution in [1.82, 2.24) is 29.8 Å². The van der Waals surface area contributed by atoms with Crippen molar-refractivity contribution in [3.8, 4) is 11.1 Å². The minimum absolute atomic E-state index is 0.126. The molecule has 3 rings (SSSR count). The van der Waals surface area contributed by atoms with Crippen LogP contribution in [0.5, 0.6) is 0 Å². The molecule has 0 spiro atoms. The van der Waals surface area contributed by atoms with Gasteiger partial charge in [-0.05, 0) is 26.2 Å². The van der Waals surface area contributed by atoms with Crippen LogP contribution in [0.4, 0.5) is 0 Å². The number of hydrogen-bond donors (Lipinski definition) is 2. The van der Waals surface area contributed by atoms with Gasteiger partial charge in [0.25, 0.3) is 5.91 Å². The summed E-state index contributed by atoms with van der Waals surface area (Å²) in [6.45, 7) is 1.39. The molecule has 7 heteroatoms. The first-order valence-electron chi connectivity index (χ1n) is 7.04. The molecule has 3 heterocycles. The molecule has 0 unspecified atom stereocenters. The number of hydrogen-bond acceptors (Lipinski definition) is 4. The first-order chi connectivity index (χ1) is 10.6. The molecule has 0 saturated heterocycles. The third-order valence-corrected chi connectivity index (χ3v) is 3.41. The van der Waals surface area contributed by atoms with E-state index in [9.17, 15) is 4.79 Å². The third-order valence-electron chi connectivity index (χ3n) is 3.41. The molecule has 0 atom stereocenters. The summed E-state index contributed by atoms with van der Waals surface area (Å²) in [5, 5.41) is 9.64. The molecule has 22 heavy (non-hydrogen) atoms. The van der Waals surface area contributed by atoms with Gasteiger partial charge in [0.2, 0.25) is 0 Å². The highest BCUT2D eigenvalue weighted by Gasteiger charge is 2.12. The Bertz CT molecular complexity index is 775. The van der Waals surface area contributed by atoms with Crippen LogP contribution in [0.15, 0.2) is 36.9 Å². The monoisotopic (exact) mass is 298 g/mol. The summed E-state index contributed by atoms with van der Waals surface area (Å²) in [5.41, 5.74) is 3.21. The molecular formula is C15H18N6O. The highest BCUT2D eigenvalue weighted by Crippen LogP contribution is 2.19. The third kappa shape index (κ3) is 2.84. The standard InChI is InChI=1S/C15H18N6O/c1-20(2)6-5-16-15(22)13-9-17-14-4-3-11(10-21(13)14)12-7-18-19-8-12/h3-4,7-10H,5-6H2,1-2H3,(H,16,22)(H,18,19). The fourth-order valence-corrected chi connectivity index (χ4v) is 2.21. The van der Waals surface area contributed by atoms with Gasteiger partial charge in [-0.3, -0.25) is 14.3 Å². The Hall–Kier alpha value is -2.67. The van der Waals surface area contributed by atoms with Crippen LogP contribution in [0, 0.1) is 0 Å². The van der Waals surface area contributed by atoms with Gasteiger partial charge < -0.3 is 10.2 Å². The zero-order valence-corrected chi connectivity index (χ0v) is 12.6. The second kappa shape index (κ2) is 5.98. The van der Waals surface area contributed by atoms with Crippen molar-refractivity contribution >= 4 is 11.6 Å². The van der Waals surface area contributed by atoms with Crippen LogP contribution in [0.2, 0.25) is 0 Å². The highest BCUT2D eigenvalue weighted by atomic mass is 16.1. The van der Waals surface area contributed by atoms with Gasteiger partial charge in [0.15, 0.2) is 0 Å². The van der Waals surface area contributed by atoms with E-state index >= 15 is 0 Å². The number of aromatic amines is 1. The van der Waals surface area contributed by atoms with Gasteiger partial charge in [-0.25, -0.2) is 4.98 Å². The van der Waals surface area contributed by atoms with E-state index in [0.29, 0.717) is 12.2 Å². The number of carbonyl (C=O) groups is 1. The van der Waals surface area contributed by atoms with Crippen LogP contribution < -0.4 is 5.32 Å². The summed E-state index contributed by atoms with van der Waals surface area (Å²) in [5.74, 6) is -0.126. The van der Waals surface area contributed by atoms with Gasteiger partial charge in [-0.15, -0.1) is 0 Å². The molecule has 0 aromatic carbocycles. The predicted octanol–water partition coefficient (Wildman–Crippen LogP) is 1.02. The maximum absolute atomic E-state index is 12.3. The van der Waals surface area contributed by atoms with Crippen molar-refractivity contribution in [1.29, 1.82) is 0 Å². The molecule has 114 valence electrons. The van der Waals surface area contributed by atoms with E-state index in [1.807, 2.05) is 43.5 Å². The molecule has 0 bridgehead atoms. The number of imidazole rings is 1. The second-order valence-electron chi connectivity index (χ2n) is 5.34. The molecule has 0 saturated carbocycles. The van der Waals surface area contributed by atoms with Gasteiger partial charge >= 0.3 is 0 Å². The summed E-state index contributed by atoms with van der Waals surface area (Å²) in [6.07, 6.45) is 7.05. The molecule has 0 radical (unpaired) electrons. The highest BCUT2D eigenvalue weighted by molar-refractivity contribution is 5.93. The number of fused-ring (bicyclic) bond motifs is 1. The zero-order chi connectivity index (χ0) is 15.5. The van der Waals surface area contributed by atoms with Gasteiger partial charge in [0.1, 0.15) is 11.3 Å². The Labute approximate surface area is 128 Å². The number of likely N-dealkylation sites (N-methyl/N-ethyl adjacent to an activating group) is 1. The van der Waals surface area contributed by atoms with E-state index in [2.05, 4.69) is 20.5 Å². The molecule has 3 aromatic rings. The van der Waals surface area contributed by atoms with Crippen LogP contribution in [0.1, 0.15) is 10.5 Å². The topological polar surface area (TPSA) is 78.3 Å². The zero-order valence-electron chi connectivity index (χ0n) is 12.6. The number of rotatable bonds is 5. The summed E-state index contributed by atoms with van der Waals surface area (Å²) in [4.78, 5) is 18.6. The lowest BCUT2D eigenvalue weighted by molar-refractivity contribution is 0.0945. The second-order valence-corrected chi connectivity index (χ2v) is 5.34. The van der Waals surface area contributed by atoms with E-state index in [0.717, 1.165) is 23.3 Å². The number of nitrogens with one attached hydrogen (secondary N) is 2. The molecule has 3 aromatic heterocycles. The molecule has 1 amide bonds. The minimum atomic E-state index is -0.126. The largest absolute Gasteiger partial charge is 0.349 e. The average Bonchev–Trinajstić information content (AvgIpc) is 3.15. The molecule has 0 aliphatic carbocycles. The number of amides is 1. The molecule has 0 aliphatic heterocycles. The van der Waals surface area contributed by atoms with Crippen molar-refractivity contribution in [3.63, 3.8) is 0 Å². The Kier molecular flexibility index (Phi) is 3.88. The fraction of sp³-hybridized carbons (Fsp3) is 0.267. The van der Waals surface area contributed by atoms with Crippen LogP contribution in [0.3, 0.4) is 0 Å². The molecule has 7 nitrogen and oxygen atoms in total. The Balaban J connectivity index is 1.87. The van der Waals surface area contributed by atoms with E-state index in [1.54, 1.807) is 16.8 Å². The quantitative estimate of drug-likeness (QED) is 0.737. The molecular weight excluding hydrogens is 280 g/mol. The lowest BCUT2D eigenvalue weighted by atomic mass is 10.2. The smallest absolute Gasteiger partial charge is 0.269 e. The number of pyridine rings is 1.